The minimum Gasteiger partial charge on any atom is -0.479 e. The van der Waals surface area contributed by atoms with Crippen LogP contribution in [0.1, 0.15) is 50.5 Å². The number of ether oxygens (including phenoxy) is 3. The minimum absolute atomic E-state index is 0.0602. The van der Waals surface area contributed by atoms with Crippen LogP contribution in [0.2, 0.25) is 0 Å². The molecular formula is C21H30O9. The Bertz CT molecular complexity index is 768. The first-order chi connectivity index (χ1) is 13.8. The third-order valence-electron chi connectivity index (χ3n) is 4.56. The number of aliphatic hydroxyl groups is 3. The van der Waals surface area contributed by atoms with Gasteiger partial charge >= 0.3 is 5.97 Å². The predicted molar refractivity (Wildman–Crippen MR) is 105 cm³/mol. The topological polar surface area (TPSA) is 143 Å². The number of Topliss-reactive ketones (excluding diaryl/α,β-unsaturated/α-hetero) is 1. The number of carbonyl (C=O) groups is 2. The first kappa shape index (κ1) is 24.2. The van der Waals surface area contributed by atoms with Crippen LogP contribution >= 0.6 is 0 Å². The van der Waals surface area contributed by atoms with E-state index in [0.717, 1.165) is 5.56 Å². The van der Waals surface area contributed by atoms with Gasteiger partial charge in [-0.25, -0.2) is 4.79 Å². The summed E-state index contributed by atoms with van der Waals surface area (Å²) in [5.41, 5.74) is 0.564. The lowest BCUT2D eigenvalue weighted by atomic mass is 9.97. The summed E-state index contributed by atoms with van der Waals surface area (Å²) in [7, 11) is 0. The molecule has 4 N–H and O–H groups in total. The smallest absolute Gasteiger partial charge is 0.335 e. The second-order valence-electron chi connectivity index (χ2n) is 8.60. The number of hydrogen-bond acceptors (Lipinski definition) is 8. The average molecular weight is 426 g/mol. The zero-order chi connectivity index (χ0) is 22.8. The van der Waals surface area contributed by atoms with Gasteiger partial charge in [0.2, 0.25) is 6.29 Å². The van der Waals surface area contributed by atoms with Gasteiger partial charge < -0.3 is 34.6 Å². The number of hydrogen-bond donors (Lipinski definition) is 4. The Morgan fingerprint density at radius 2 is 1.73 bits per heavy atom. The molecule has 0 aliphatic carbocycles. The molecule has 9 nitrogen and oxygen atoms in total. The molecular weight excluding hydrogens is 396 g/mol. The van der Waals surface area contributed by atoms with E-state index >= 15 is 0 Å². The Morgan fingerprint density at radius 1 is 1.10 bits per heavy atom. The SMILES string of the molecule is CC(C)C(=O)c1cc(COC(C)(C)C)ccc1O[C@@H]1O[C@H](C(=O)O)[C@@H](O)[C@H](O)[C@H]1O. The van der Waals surface area contributed by atoms with Gasteiger partial charge in [0.05, 0.1) is 17.8 Å². The molecule has 0 aromatic heterocycles. The van der Waals surface area contributed by atoms with Crippen molar-refractivity contribution < 1.29 is 44.2 Å². The Kier molecular flexibility index (Phi) is 7.59. The number of aliphatic hydroxyl groups excluding tert-OH is 3. The van der Waals surface area contributed by atoms with E-state index in [9.17, 15) is 30.0 Å². The van der Waals surface area contributed by atoms with Crippen LogP contribution < -0.4 is 4.74 Å². The molecule has 1 fully saturated rings. The molecule has 1 aromatic rings. The number of carboxylic acids is 1. The highest BCUT2D eigenvalue weighted by Gasteiger charge is 2.48. The van der Waals surface area contributed by atoms with E-state index in [1.807, 2.05) is 20.8 Å². The number of rotatable bonds is 7. The molecule has 1 aromatic carbocycles. The second-order valence-corrected chi connectivity index (χ2v) is 8.60. The molecule has 1 heterocycles. The van der Waals surface area contributed by atoms with Crippen molar-refractivity contribution >= 4 is 11.8 Å². The predicted octanol–water partition coefficient (Wildman–Crippen LogP) is 1.11. The standard InChI is InChI=1S/C21H30O9/c1-10(2)14(22)12-8-11(9-28-21(3,4)5)6-7-13(12)29-20-17(25)15(23)16(24)18(30-20)19(26)27/h6-8,10,15-18,20,23-25H,9H2,1-5H3,(H,26,27)/t15-,16-,17+,18-,20+/m0/s1. The quantitative estimate of drug-likeness (QED) is 0.472. The third-order valence-corrected chi connectivity index (χ3v) is 4.56. The Morgan fingerprint density at radius 3 is 2.27 bits per heavy atom. The molecule has 168 valence electrons. The lowest BCUT2D eigenvalue weighted by molar-refractivity contribution is -0.271. The van der Waals surface area contributed by atoms with Crippen molar-refractivity contribution in [3.63, 3.8) is 0 Å². The van der Waals surface area contributed by atoms with E-state index in [0.29, 0.717) is 0 Å². The van der Waals surface area contributed by atoms with Gasteiger partial charge in [-0.15, -0.1) is 0 Å². The molecule has 0 saturated carbocycles. The summed E-state index contributed by atoms with van der Waals surface area (Å²) in [6, 6.07) is 4.78. The van der Waals surface area contributed by atoms with Crippen molar-refractivity contribution in [3.8, 4) is 5.75 Å². The maximum atomic E-state index is 12.7. The fourth-order valence-corrected chi connectivity index (χ4v) is 2.85. The van der Waals surface area contributed by atoms with Crippen molar-refractivity contribution in [2.24, 2.45) is 5.92 Å². The van der Waals surface area contributed by atoms with E-state index < -0.39 is 36.7 Å². The summed E-state index contributed by atoms with van der Waals surface area (Å²) in [6.07, 6.45) is -8.74. The van der Waals surface area contributed by atoms with E-state index in [-0.39, 0.29) is 35.2 Å². The Balaban J connectivity index is 2.32. The Labute approximate surface area is 175 Å². The monoisotopic (exact) mass is 426 g/mol. The van der Waals surface area contributed by atoms with Gasteiger partial charge in [0.25, 0.3) is 0 Å². The van der Waals surface area contributed by atoms with Crippen LogP contribution in [0.4, 0.5) is 0 Å². The van der Waals surface area contributed by atoms with Gasteiger partial charge in [-0.2, -0.15) is 0 Å². The minimum atomic E-state index is -1.83. The zero-order valence-electron chi connectivity index (χ0n) is 17.7. The molecule has 0 bridgehead atoms. The van der Waals surface area contributed by atoms with Crippen LogP contribution in [0.25, 0.3) is 0 Å². The zero-order valence-corrected chi connectivity index (χ0v) is 17.7. The first-order valence-electron chi connectivity index (χ1n) is 9.72. The van der Waals surface area contributed by atoms with E-state index in [4.69, 9.17) is 14.2 Å². The Hall–Kier alpha value is -2.04. The number of aliphatic carboxylic acids is 1. The van der Waals surface area contributed by atoms with E-state index in [1.165, 1.54) is 6.07 Å². The van der Waals surface area contributed by atoms with E-state index in [1.54, 1.807) is 26.0 Å². The average Bonchev–Trinajstić information content (AvgIpc) is 2.65. The third kappa shape index (κ3) is 5.77. The van der Waals surface area contributed by atoms with Gasteiger partial charge in [-0.3, -0.25) is 4.79 Å². The number of ketones is 1. The van der Waals surface area contributed by atoms with Gasteiger partial charge in [0.1, 0.15) is 24.1 Å². The molecule has 1 aliphatic heterocycles. The molecule has 1 aliphatic rings. The summed E-state index contributed by atoms with van der Waals surface area (Å²) in [5, 5.41) is 39.1. The highest BCUT2D eigenvalue weighted by molar-refractivity contribution is 6.00. The fourth-order valence-electron chi connectivity index (χ4n) is 2.85. The van der Waals surface area contributed by atoms with Crippen molar-refractivity contribution in [2.75, 3.05) is 0 Å². The molecule has 2 rings (SSSR count). The molecule has 0 radical (unpaired) electrons. The van der Waals surface area contributed by atoms with E-state index in [2.05, 4.69) is 0 Å². The normalized spacial score (nSPS) is 27.2. The highest BCUT2D eigenvalue weighted by Crippen LogP contribution is 2.29. The van der Waals surface area contributed by atoms with Crippen LogP contribution in [-0.4, -0.2) is 68.5 Å². The van der Waals surface area contributed by atoms with Crippen molar-refractivity contribution in [2.45, 2.75) is 77.5 Å². The lowest BCUT2D eigenvalue weighted by Gasteiger charge is -2.38. The molecule has 0 amide bonds. The molecule has 5 atom stereocenters. The summed E-state index contributed by atoms with van der Waals surface area (Å²) in [4.78, 5) is 24.0. The molecule has 1 saturated heterocycles. The van der Waals surface area contributed by atoms with Gasteiger partial charge in [0, 0.05) is 5.92 Å². The lowest BCUT2D eigenvalue weighted by Crippen LogP contribution is -2.61. The van der Waals surface area contributed by atoms with Crippen LogP contribution in [-0.2, 0) is 20.9 Å². The molecule has 9 heteroatoms. The van der Waals surface area contributed by atoms with Gasteiger partial charge in [-0.1, -0.05) is 19.9 Å². The fraction of sp³-hybridized carbons (Fsp3) is 0.619. The summed E-state index contributed by atoms with van der Waals surface area (Å²) in [5.74, 6) is -2.05. The van der Waals surface area contributed by atoms with Crippen LogP contribution in [0, 0.1) is 5.92 Å². The largest absolute Gasteiger partial charge is 0.479 e. The summed E-state index contributed by atoms with van der Waals surface area (Å²) >= 11 is 0. The first-order valence-corrected chi connectivity index (χ1v) is 9.72. The van der Waals surface area contributed by atoms with Crippen molar-refractivity contribution in [1.82, 2.24) is 0 Å². The van der Waals surface area contributed by atoms with Crippen LogP contribution in [0.5, 0.6) is 5.75 Å². The summed E-state index contributed by atoms with van der Waals surface area (Å²) < 4.78 is 16.5. The van der Waals surface area contributed by atoms with Crippen LogP contribution in [0.3, 0.4) is 0 Å². The number of carboxylic acid groups (broad SMARTS) is 1. The van der Waals surface area contributed by atoms with Gasteiger partial charge in [-0.05, 0) is 38.5 Å². The maximum absolute atomic E-state index is 12.7. The maximum Gasteiger partial charge on any atom is 0.335 e. The van der Waals surface area contributed by atoms with Crippen molar-refractivity contribution in [1.29, 1.82) is 0 Å². The molecule has 0 spiro atoms. The van der Waals surface area contributed by atoms with Crippen LogP contribution in [0.15, 0.2) is 18.2 Å². The molecule has 30 heavy (non-hydrogen) atoms. The second kappa shape index (κ2) is 9.40. The summed E-state index contributed by atoms with van der Waals surface area (Å²) in [6.45, 7) is 9.42. The van der Waals surface area contributed by atoms with Gasteiger partial charge in [0.15, 0.2) is 11.9 Å². The molecule has 0 unspecified atom stereocenters. The van der Waals surface area contributed by atoms with Crippen molar-refractivity contribution in [3.05, 3.63) is 29.3 Å². The number of carbonyl (C=O) groups excluding carboxylic acids is 1. The number of benzene rings is 1. The highest BCUT2D eigenvalue weighted by atomic mass is 16.7.